The molecule has 1 aliphatic rings. The number of halogens is 3. The number of anilines is 1. The van der Waals surface area contributed by atoms with Crippen molar-refractivity contribution in [2.45, 2.75) is 38.3 Å². The van der Waals surface area contributed by atoms with Crippen LogP contribution in [-0.4, -0.2) is 29.8 Å². The third kappa shape index (κ3) is 6.28. The smallest absolute Gasteiger partial charge is 0.391 e. The van der Waals surface area contributed by atoms with Crippen molar-refractivity contribution in [2.75, 3.05) is 11.9 Å². The number of carbonyl (C=O) groups excluding carboxylic acids is 1. The molecule has 0 saturated heterocycles. The Bertz CT molecular complexity index is 610. The largest absolute Gasteiger partial charge is 0.482 e. The average molecular weight is 359 g/mol. The number of ether oxygens (including phenoxy) is 1. The van der Waals surface area contributed by atoms with E-state index in [-0.39, 0.29) is 31.1 Å². The number of carboxylic acid groups (broad SMARTS) is 1. The lowest BCUT2D eigenvalue weighted by Gasteiger charge is -2.29. The summed E-state index contributed by atoms with van der Waals surface area (Å²) >= 11 is 0. The first kappa shape index (κ1) is 19.1. The summed E-state index contributed by atoms with van der Waals surface area (Å²) < 4.78 is 42.9. The van der Waals surface area contributed by atoms with Gasteiger partial charge in [0.1, 0.15) is 5.75 Å². The Morgan fingerprint density at radius 3 is 2.48 bits per heavy atom. The van der Waals surface area contributed by atoms with Crippen LogP contribution < -0.4 is 10.1 Å². The molecule has 25 heavy (non-hydrogen) atoms. The van der Waals surface area contributed by atoms with Crippen molar-refractivity contribution in [3.8, 4) is 5.75 Å². The van der Waals surface area contributed by atoms with Gasteiger partial charge in [-0.3, -0.25) is 4.79 Å². The molecule has 138 valence electrons. The third-order valence-electron chi connectivity index (χ3n) is 4.26. The summed E-state index contributed by atoms with van der Waals surface area (Å²) in [7, 11) is 0. The second kappa shape index (κ2) is 8.22. The van der Waals surface area contributed by atoms with E-state index in [9.17, 15) is 22.8 Å². The Balaban J connectivity index is 1.81. The van der Waals surface area contributed by atoms with E-state index >= 15 is 0 Å². The van der Waals surface area contributed by atoms with Gasteiger partial charge >= 0.3 is 12.1 Å². The van der Waals surface area contributed by atoms with Gasteiger partial charge in [-0.1, -0.05) is 6.07 Å². The number of hydrogen-bond acceptors (Lipinski definition) is 3. The number of carboxylic acids is 1. The van der Waals surface area contributed by atoms with Crippen LogP contribution in [0.25, 0.3) is 0 Å². The first-order chi connectivity index (χ1) is 11.7. The zero-order valence-electron chi connectivity index (χ0n) is 13.5. The molecule has 0 atom stereocenters. The SMILES string of the molecule is O=C(O)COc1cccc(NC(=O)CC2CCC(C(F)(F)F)CC2)c1. The van der Waals surface area contributed by atoms with Gasteiger partial charge in [0, 0.05) is 18.2 Å². The van der Waals surface area contributed by atoms with Gasteiger partial charge in [-0.25, -0.2) is 4.79 Å². The Morgan fingerprint density at radius 1 is 1.20 bits per heavy atom. The molecule has 0 aliphatic heterocycles. The highest BCUT2D eigenvalue weighted by Crippen LogP contribution is 2.40. The minimum absolute atomic E-state index is 0.0509. The van der Waals surface area contributed by atoms with Crippen LogP contribution in [-0.2, 0) is 9.59 Å². The Kier molecular flexibility index (Phi) is 6.27. The molecular weight excluding hydrogens is 339 g/mol. The number of hydrogen-bond donors (Lipinski definition) is 2. The number of amides is 1. The summed E-state index contributed by atoms with van der Waals surface area (Å²) in [4.78, 5) is 22.5. The summed E-state index contributed by atoms with van der Waals surface area (Å²) in [5, 5.41) is 11.2. The van der Waals surface area contributed by atoms with Crippen LogP contribution in [0.4, 0.5) is 18.9 Å². The summed E-state index contributed by atoms with van der Waals surface area (Å²) in [5.74, 6) is -2.37. The first-order valence-electron chi connectivity index (χ1n) is 8.05. The van der Waals surface area contributed by atoms with Crippen molar-refractivity contribution in [2.24, 2.45) is 11.8 Å². The van der Waals surface area contributed by atoms with E-state index in [1.165, 1.54) is 6.07 Å². The maximum Gasteiger partial charge on any atom is 0.391 e. The van der Waals surface area contributed by atoms with E-state index in [0.29, 0.717) is 24.3 Å². The maximum absolute atomic E-state index is 12.6. The summed E-state index contributed by atoms with van der Waals surface area (Å²) in [6, 6.07) is 6.31. The lowest BCUT2D eigenvalue weighted by Crippen LogP contribution is -2.29. The van der Waals surface area contributed by atoms with Crippen LogP contribution in [0.15, 0.2) is 24.3 Å². The molecular formula is C17H20F3NO4. The molecule has 1 fully saturated rings. The minimum Gasteiger partial charge on any atom is -0.482 e. The maximum atomic E-state index is 12.6. The summed E-state index contributed by atoms with van der Waals surface area (Å²) in [6.45, 7) is -0.486. The van der Waals surface area contributed by atoms with Crippen molar-refractivity contribution in [3.63, 3.8) is 0 Å². The standard InChI is InChI=1S/C17H20F3NO4/c18-17(19,20)12-6-4-11(5-7-12)8-15(22)21-13-2-1-3-14(9-13)25-10-16(23)24/h1-3,9,11-12H,4-8,10H2,(H,21,22)(H,23,24). The number of alkyl halides is 3. The van der Waals surface area contributed by atoms with Crippen LogP contribution in [0.3, 0.4) is 0 Å². The first-order valence-corrected chi connectivity index (χ1v) is 8.05. The highest BCUT2D eigenvalue weighted by atomic mass is 19.4. The molecule has 1 aliphatic carbocycles. The average Bonchev–Trinajstić information content (AvgIpc) is 2.53. The van der Waals surface area contributed by atoms with Gasteiger partial charge in [-0.05, 0) is 43.7 Å². The molecule has 0 aromatic heterocycles. The number of rotatable bonds is 6. The predicted octanol–water partition coefficient (Wildman–Crippen LogP) is 3.85. The van der Waals surface area contributed by atoms with E-state index < -0.39 is 24.7 Å². The van der Waals surface area contributed by atoms with Crippen molar-refractivity contribution in [3.05, 3.63) is 24.3 Å². The van der Waals surface area contributed by atoms with E-state index in [1.807, 2.05) is 0 Å². The van der Waals surface area contributed by atoms with Crippen molar-refractivity contribution < 1.29 is 32.6 Å². The topological polar surface area (TPSA) is 75.6 Å². The number of nitrogens with one attached hydrogen (secondary N) is 1. The fraction of sp³-hybridized carbons (Fsp3) is 0.529. The highest BCUT2D eigenvalue weighted by Gasteiger charge is 2.41. The lowest BCUT2D eigenvalue weighted by molar-refractivity contribution is -0.184. The Morgan fingerprint density at radius 2 is 1.88 bits per heavy atom. The molecule has 0 unspecified atom stereocenters. The van der Waals surface area contributed by atoms with Gasteiger partial charge in [0.05, 0.1) is 5.92 Å². The second-order valence-corrected chi connectivity index (χ2v) is 6.22. The molecule has 1 aromatic rings. The second-order valence-electron chi connectivity index (χ2n) is 6.22. The molecule has 2 N–H and O–H groups in total. The van der Waals surface area contributed by atoms with Crippen LogP contribution in [0, 0.1) is 11.8 Å². The fourth-order valence-electron chi connectivity index (χ4n) is 2.98. The number of aliphatic carboxylic acids is 1. The monoisotopic (exact) mass is 359 g/mol. The molecule has 1 saturated carbocycles. The zero-order valence-corrected chi connectivity index (χ0v) is 13.5. The van der Waals surface area contributed by atoms with Gasteiger partial charge in [-0.2, -0.15) is 13.2 Å². The molecule has 1 aromatic carbocycles. The van der Waals surface area contributed by atoms with Crippen LogP contribution in [0.1, 0.15) is 32.1 Å². The number of benzene rings is 1. The molecule has 0 heterocycles. The minimum atomic E-state index is -4.15. The van der Waals surface area contributed by atoms with Crippen LogP contribution in [0.2, 0.25) is 0 Å². The Labute approximate surface area is 143 Å². The zero-order chi connectivity index (χ0) is 18.4. The van der Waals surface area contributed by atoms with E-state index in [2.05, 4.69) is 5.32 Å². The van der Waals surface area contributed by atoms with Crippen LogP contribution in [0.5, 0.6) is 5.75 Å². The van der Waals surface area contributed by atoms with E-state index in [0.717, 1.165) is 0 Å². The molecule has 1 amide bonds. The quantitative estimate of drug-likeness (QED) is 0.809. The molecule has 0 bridgehead atoms. The van der Waals surface area contributed by atoms with Gasteiger partial charge < -0.3 is 15.2 Å². The van der Waals surface area contributed by atoms with Crippen molar-refractivity contribution >= 4 is 17.6 Å². The van der Waals surface area contributed by atoms with Gasteiger partial charge in [0.2, 0.25) is 5.91 Å². The molecule has 0 spiro atoms. The molecule has 0 radical (unpaired) electrons. The molecule has 5 nitrogen and oxygen atoms in total. The van der Waals surface area contributed by atoms with Crippen molar-refractivity contribution in [1.82, 2.24) is 0 Å². The highest BCUT2D eigenvalue weighted by molar-refractivity contribution is 5.91. The number of carbonyl (C=O) groups is 2. The third-order valence-corrected chi connectivity index (χ3v) is 4.26. The van der Waals surface area contributed by atoms with Gasteiger partial charge in [0.25, 0.3) is 0 Å². The fourth-order valence-corrected chi connectivity index (χ4v) is 2.98. The summed E-state index contributed by atoms with van der Waals surface area (Å²) in [6.07, 6.45) is -3.06. The van der Waals surface area contributed by atoms with Crippen LogP contribution >= 0.6 is 0 Å². The molecule has 8 heteroatoms. The Hall–Kier alpha value is -2.25. The van der Waals surface area contributed by atoms with Crippen molar-refractivity contribution in [1.29, 1.82) is 0 Å². The predicted molar refractivity (Wildman–Crippen MR) is 84.3 cm³/mol. The van der Waals surface area contributed by atoms with Gasteiger partial charge in [-0.15, -0.1) is 0 Å². The normalized spacial score (nSPS) is 20.8. The van der Waals surface area contributed by atoms with E-state index in [4.69, 9.17) is 9.84 Å². The molecule has 2 rings (SSSR count). The van der Waals surface area contributed by atoms with E-state index in [1.54, 1.807) is 18.2 Å². The lowest BCUT2D eigenvalue weighted by atomic mass is 9.80. The van der Waals surface area contributed by atoms with Gasteiger partial charge in [0.15, 0.2) is 6.61 Å². The summed E-state index contributed by atoms with van der Waals surface area (Å²) in [5.41, 5.74) is 0.455.